The molecule has 1 aromatic carbocycles. The third-order valence-corrected chi connectivity index (χ3v) is 3.92. The van der Waals surface area contributed by atoms with Crippen LogP contribution in [-0.4, -0.2) is 17.2 Å². The Morgan fingerprint density at radius 3 is 2.57 bits per heavy atom. The average molecular weight is 247 g/mol. The molecule has 0 unspecified atom stereocenters. The number of benzene rings is 1. The molecule has 0 bridgehead atoms. The van der Waals surface area contributed by atoms with E-state index in [0.29, 0.717) is 15.5 Å². The number of rotatable bonds is 1. The highest BCUT2D eigenvalue weighted by atomic mass is 35.5. The zero-order valence-electron chi connectivity index (χ0n) is 6.87. The molecule has 1 aromatic heterocycles. The fourth-order valence-electron chi connectivity index (χ4n) is 1.25. The van der Waals surface area contributed by atoms with Crippen molar-refractivity contribution in [2.45, 2.75) is 0 Å². The summed E-state index contributed by atoms with van der Waals surface area (Å²) in [7, 11) is -1.55. The van der Waals surface area contributed by atoms with Crippen LogP contribution >= 0.6 is 34.5 Å². The summed E-state index contributed by atoms with van der Waals surface area (Å²) >= 11 is 13.3. The summed E-state index contributed by atoms with van der Waals surface area (Å²) in [5, 5.41) is 21.6. The van der Waals surface area contributed by atoms with E-state index in [0.717, 1.165) is 10.1 Å². The van der Waals surface area contributed by atoms with Crippen molar-refractivity contribution >= 4 is 57.2 Å². The molecule has 0 spiro atoms. The van der Waals surface area contributed by atoms with E-state index in [1.54, 1.807) is 17.5 Å². The molecule has 14 heavy (non-hydrogen) atoms. The average Bonchev–Trinajstić information content (AvgIpc) is 2.49. The van der Waals surface area contributed by atoms with Crippen molar-refractivity contribution in [3.63, 3.8) is 0 Å². The van der Waals surface area contributed by atoms with Gasteiger partial charge < -0.3 is 10.0 Å². The van der Waals surface area contributed by atoms with Crippen LogP contribution in [-0.2, 0) is 0 Å². The Hall–Kier alpha value is -0.255. The van der Waals surface area contributed by atoms with E-state index in [1.807, 2.05) is 0 Å². The molecular formula is C8H5BCl2O2S. The molecule has 0 fully saturated rings. The van der Waals surface area contributed by atoms with E-state index in [2.05, 4.69) is 0 Å². The molecule has 72 valence electrons. The lowest BCUT2D eigenvalue weighted by molar-refractivity contribution is 0.426. The molecule has 1 heterocycles. The highest BCUT2D eigenvalue weighted by Gasteiger charge is 2.18. The van der Waals surface area contributed by atoms with Crippen LogP contribution in [0.3, 0.4) is 0 Å². The van der Waals surface area contributed by atoms with Gasteiger partial charge in [0.15, 0.2) is 0 Å². The zero-order chi connectivity index (χ0) is 10.3. The molecule has 0 aliphatic carbocycles. The topological polar surface area (TPSA) is 40.5 Å². The lowest BCUT2D eigenvalue weighted by Crippen LogP contribution is -2.30. The zero-order valence-corrected chi connectivity index (χ0v) is 9.20. The first-order valence-electron chi connectivity index (χ1n) is 3.82. The molecule has 0 aliphatic heterocycles. The predicted molar refractivity (Wildman–Crippen MR) is 61.7 cm³/mol. The van der Waals surface area contributed by atoms with Gasteiger partial charge in [-0.05, 0) is 0 Å². The van der Waals surface area contributed by atoms with Gasteiger partial charge in [0.1, 0.15) is 0 Å². The number of fused-ring (bicyclic) bond motifs is 1. The van der Waals surface area contributed by atoms with E-state index < -0.39 is 7.12 Å². The van der Waals surface area contributed by atoms with E-state index in [1.165, 1.54) is 11.3 Å². The Morgan fingerprint density at radius 2 is 1.93 bits per heavy atom. The number of thiophene rings is 1. The molecule has 2 nitrogen and oxygen atoms in total. The van der Waals surface area contributed by atoms with Gasteiger partial charge in [-0.3, -0.25) is 0 Å². The molecule has 0 saturated heterocycles. The van der Waals surface area contributed by atoms with Crippen molar-refractivity contribution in [1.29, 1.82) is 0 Å². The summed E-state index contributed by atoms with van der Waals surface area (Å²) in [5.41, 5.74) is 0.303. The maximum Gasteiger partial charge on any atom is 0.490 e. The Bertz CT molecular complexity index is 483. The fraction of sp³-hybridized carbons (Fsp3) is 0. The Morgan fingerprint density at radius 1 is 1.21 bits per heavy atom. The second kappa shape index (κ2) is 3.72. The van der Waals surface area contributed by atoms with Crippen LogP contribution in [0.15, 0.2) is 17.5 Å². The van der Waals surface area contributed by atoms with Crippen LogP contribution in [0.2, 0.25) is 10.0 Å². The second-order valence-electron chi connectivity index (χ2n) is 2.80. The van der Waals surface area contributed by atoms with E-state index in [4.69, 9.17) is 33.2 Å². The predicted octanol–water partition coefficient (Wildman–Crippen LogP) is 1.89. The Kier molecular flexibility index (Phi) is 2.73. The SMILES string of the molecule is OB(O)c1ccc2c(Cl)csc2c1Cl. The molecule has 0 atom stereocenters. The summed E-state index contributed by atoms with van der Waals surface area (Å²) in [4.78, 5) is 0. The van der Waals surface area contributed by atoms with Crippen molar-refractivity contribution in [1.82, 2.24) is 0 Å². The normalized spacial score (nSPS) is 10.9. The molecule has 0 saturated carbocycles. The van der Waals surface area contributed by atoms with E-state index >= 15 is 0 Å². The van der Waals surface area contributed by atoms with Gasteiger partial charge in [-0.2, -0.15) is 0 Å². The number of hydrogen-bond donors (Lipinski definition) is 2. The van der Waals surface area contributed by atoms with E-state index in [9.17, 15) is 0 Å². The fourth-order valence-corrected chi connectivity index (χ4v) is 2.87. The largest absolute Gasteiger partial charge is 0.490 e. The molecular weight excluding hydrogens is 242 g/mol. The first-order chi connectivity index (χ1) is 6.61. The second-order valence-corrected chi connectivity index (χ2v) is 4.47. The molecule has 2 N–H and O–H groups in total. The molecule has 2 rings (SSSR count). The van der Waals surface area contributed by atoms with Crippen LogP contribution in [0, 0.1) is 0 Å². The highest BCUT2D eigenvalue weighted by molar-refractivity contribution is 7.18. The van der Waals surface area contributed by atoms with Gasteiger partial charge in [0.2, 0.25) is 0 Å². The van der Waals surface area contributed by atoms with Crippen molar-refractivity contribution in [2.24, 2.45) is 0 Å². The minimum atomic E-state index is -1.55. The summed E-state index contributed by atoms with van der Waals surface area (Å²) in [6.45, 7) is 0. The lowest BCUT2D eigenvalue weighted by atomic mass is 9.80. The minimum absolute atomic E-state index is 0.303. The molecule has 0 radical (unpaired) electrons. The monoisotopic (exact) mass is 246 g/mol. The molecule has 2 aromatic rings. The van der Waals surface area contributed by atoms with Gasteiger partial charge in [0.25, 0.3) is 0 Å². The van der Waals surface area contributed by atoms with Gasteiger partial charge in [-0.25, -0.2) is 0 Å². The van der Waals surface area contributed by atoms with Gasteiger partial charge in [0, 0.05) is 16.2 Å². The van der Waals surface area contributed by atoms with Crippen LogP contribution in [0.4, 0.5) is 0 Å². The van der Waals surface area contributed by atoms with Crippen molar-refractivity contribution in [3.8, 4) is 0 Å². The highest BCUT2D eigenvalue weighted by Crippen LogP contribution is 2.33. The molecule has 0 amide bonds. The Balaban J connectivity index is 2.76. The van der Waals surface area contributed by atoms with Gasteiger partial charge >= 0.3 is 7.12 Å². The third kappa shape index (κ3) is 1.53. The molecule has 0 aliphatic rings. The summed E-state index contributed by atoms with van der Waals surface area (Å²) in [6, 6.07) is 3.29. The van der Waals surface area contributed by atoms with E-state index in [-0.39, 0.29) is 0 Å². The van der Waals surface area contributed by atoms with Crippen molar-refractivity contribution in [2.75, 3.05) is 0 Å². The lowest BCUT2D eigenvalue weighted by Gasteiger charge is -2.03. The van der Waals surface area contributed by atoms with Gasteiger partial charge in [0.05, 0.1) is 14.7 Å². The number of halogens is 2. The summed E-state index contributed by atoms with van der Waals surface area (Å²) < 4.78 is 0.780. The van der Waals surface area contributed by atoms with Crippen molar-refractivity contribution < 1.29 is 10.0 Å². The third-order valence-electron chi connectivity index (χ3n) is 1.94. The van der Waals surface area contributed by atoms with Crippen LogP contribution in [0.1, 0.15) is 0 Å². The standard InChI is InChI=1S/C8H5BCl2O2S/c10-6-3-14-8-4(6)1-2-5(7(8)11)9(12)13/h1-3,12-13H. The summed E-state index contributed by atoms with van der Waals surface area (Å²) in [6.07, 6.45) is 0. The quantitative estimate of drug-likeness (QED) is 0.755. The smallest absolute Gasteiger partial charge is 0.423 e. The molecule has 6 heteroatoms. The van der Waals surface area contributed by atoms with Gasteiger partial charge in [-0.1, -0.05) is 35.3 Å². The van der Waals surface area contributed by atoms with Crippen LogP contribution in [0.25, 0.3) is 10.1 Å². The van der Waals surface area contributed by atoms with Gasteiger partial charge in [-0.15, -0.1) is 11.3 Å². The number of hydrogen-bond acceptors (Lipinski definition) is 3. The first-order valence-corrected chi connectivity index (χ1v) is 5.46. The van der Waals surface area contributed by atoms with Crippen LogP contribution < -0.4 is 5.46 Å². The first kappa shape index (κ1) is 10.3. The summed E-state index contributed by atoms with van der Waals surface area (Å²) in [5.74, 6) is 0. The van der Waals surface area contributed by atoms with Crippen LogP contribution in [0.5, 0.6) is 0 Å². The maximum absolute atomic E-state index is 9.01. The maximum atomic E-state index is 9.01. The Labute approximate surface area is 94.8 Å². The van der Waals surface area contributed by atoms with Crippen molar-refractivity contribution in [3.05, 3.63) is 27.6 Å². The minimum Gasteiger partial charge on any atom is -0.423 e.